The van der Waals surface area contributed by atoms with Crippen LogP contribution in [0.1, 0.15) is 36.5 Å². The van der Waals surface area contributed by atoms with Crippen LogP contribution in [0, 0.1) is 23.4 Å². The predicted molar refractivity (Wildman–Crippen MR) is 158 cm³/mol. The van der Waals surface area contributed by atoms with Crippen LogP contribution < -0.4 is 0 Å². The molecule has 2 atom stereocenters. The quantitative estimate of drug-likeness (QED) is 0.197. The zero-order chi connectivity index (χ0) is 36.9. The van der Waals surface area contributed by atoms with Crippen LogP contribution in [-0.2, 0) is 41.1 Å². The minimum Gasteiger partial charge on any atom is -0.349 e. The molecule has 2 aliphatic rings. The lowest BCUT2D eigenvalue weighted by atomic mass is 9.88. The number of ether oxygens (including phenoxy) is 1. The number of alkyl halides is 6. The molecule has 0 saturated carbocycles. The second-order valence-corrected chi connectivity index (χ2v) is 14.4. The topological polar surface area (TPSA) is 84.0 Å². The molecule has 3 aromatic rings. The Bertz CT molecular complexity index is 1830. The first-order valence-electron chi connectivity index (χ1n) is 15.1. The molecule has 50 heavy (non-hydrogen) atoms. The fraction of sp³-hybridized carbons (Fsp3) is 0.394. The van der Waals surface area contributed by atoms with E-state index in [1.807, 2.05) is 0 Å². The van der Waals surface area contributed by atoms with Gasteiger partial charge >= 0.3 is 12.4 Å². The van der Waals surface area contributed by atoms with Crippen LogP contribution in [0.2, 0.25) is 0 Å². The lowest BCUT2D eigenvalue weighted by Gasteiger charge is -2.38. The number of carbonyl (C=O) groups is 2. The number of halogens is 9. The Labute approximate surface area is 280 Å². The highest BCUT2D eigenvalue weighted by Crippen LogP contribution is 2.54. The van der Waals surface area contributed by atoms with Crippen molar-refractivity contribution in [3.05, 3.63) is 101 Å². The van der Waals surface area contributed by atoms with Crippen molar-refractivity contribution in [1.29, 1.82) is 0 Å². The number of rotatable bonds is 8. The zero-order valence-corrected chi connectivity index (χ0v) is 26.9. The van der Waals surface area contributed by atoms with Crippen LogP contribution in [0.15, 0.2) is 71.6 Å². The van der Waals surface area contributed by atoms with Crippen LogP contribution in [0.5, 0.6) is 0 Å². The molecular formula is C33H29F9N2O5S. The molecule has 0 spiro atoms. The molecule has 0 aromatic heterocycles. The van der Waals surface area contributed by atoms with Gasteiger partial charge in [-0.1, -0.05) is 30.3 Å². The van der Waals surface area contributed by atoms with Gasteiger partial charge in [-0.2, -0.15) is 26.3 Å². The van der Waals surface area contributed by atoms with Crippen molar-refractivity contribution < 1.29 is 62.3 Å². The molecule has 2 amide bonds. The standard InChI is InChI=1S/C33H29F9N2O5S/c1-20(45)43-15-13-21(17-43)29(46)44-16-14-30(19-44,50(47,48)25-11-9-24(34)10-12-25)22-5-7-23(8-6-22)31(32(37,38)39,33(40,41)42)49-18-26-27(35)3-2-4-28(26)36/h2-12,21H,13-19H2,1H3/t21?,30-/m0/s1. The normalized spacial score (nSPS) is 20.4. The maximum atomic E-state index is 14.5. The van der Waals surface area contributed by atoms with E-state index >= 15 is 0 Å². The summed E-state index contributed by atoms with van der Waals surface area (Å²) in [6.45, 7) is -0.835. The van der Waals surface area contributed by atoms with Gasteiger partial charge in [0.05, 0.1) is 17.4 Å². The van der Waals surface area contributed by atoms with Crippen LogP contribution in [0.4, 0.5) is 39.5 Å². The van der Waals surface area contributed by atoms with E-state index in [0.29, 0.717) is 24.3 Å². The van der Waals surface area contributed by atoms with Gasteiger partial charge in [0, 0.05) is 44.2 Å². The molecule has 17 heteroatoms. The summed E-state index contributed by atoms with van der Waals surface area (Å²) in [4.78, 5) is 27.6. The monoisotopic (exact) mass is 736 g/mol. The first-order valence-corrected chi connectivity index (χ1v) is 16.6. The predicted octanol–water partition coefficient (Wildman–Crippen LogP) is 6.41. The van der Waals surface area contributed by atoms with E-state index in [1.54, 1.807) is 0 Å². The molecule has 270 valence electrons. The number of carbonyl (C=O) groups excluding carboxylic acids is 2. The first-order chi connectivity index (χ1) is 23.2. The third-order valence-corrected chi connectivity index (χ3v) is 11.8. The van der Waals surface area contributed by atoms with E-state index in [4.69, 9.17) is 0 Å². The highest BCUT2D eigenvalue weighted by molar-refractivity contribution is 7.92. The van der Waals surface area contributed by atoms with Crippen LogP contribution in [0.25, 0.3) is 0 Å². The number of sulfone groups is 1. The van der Waals surface area contributed by atoms with Gasteiger partial charge in [0.1, 0.15) is 22.2 Å². The molecule has 1 unspecified atom stereocenters. The van der Waals surface area contributed by atoms with Gasteiger partial charge in [-0.05, 0) is 54.8 Å². The molecule has 0 N–H and O–H groups in total. The van der Waals surface area contributed by atoms with Gasteiger partial charge < -0.3 is 14.5 Å². The van der Waals surface area contributed by atoms with Gasteiger partial charge in [-0.25, -0.2) is 21.6 Å². The fourth-order valence-electron chi connectivity index (χ4n) is 6.52. The van der Waals surface area contributed by atoms with Gasteiger partial charge in [0.15, 0.2) is 9.84 Å². The Kier molecular flexibility index (Phi) is 9.81. The van der Waals surface area contributed by atoms with E-state index in [2.05, 4.69) is 4.74 Å². The first kappa shape index (κ1) is 37.1. The highest BCUT2D eigenvalue weighted by atomic mass is 32.2. The molecule has 7 nitrogen and oxygen atoms in total. The largest absolute Gasteiger partial charge is 0.430 e. The van der Waals surface area contributed by atoms with E-state index in [9.17, 15) is 57.5 Å². The fourth-order valence-corrected chi connectivity index (χ4v) is 8.60. The Morgan fingerprint density at radius 1 is 0.840 bits per heavy atom. The van der Waals surface area contributed by atoms with Crippen molar-refractivity contribution in [1.82, 2.24) is 9.80 Å². The average Bonchev–Trinajstić information content (AvgIpc) is 3.71. The van der Waals surface area contributed by atoms with Gasteiger partial charge in [0.2, 0.25) is 11.8 Å². The van der Waals surface area contributed by atoms with E-state index < -0.39 is 91.0 Å². The van der Waals surface area contributed by atoms with Crippen molar-refractivity contribution in [2.24, 2.45) is 5.92 Å². The Hall–Kier alpha value is -4.12. The number of nitrogens with zero attached hydrogens (tertiary/aromatic N) is 2. The maximum Gasteiger partial charge on any atom is 0.430 e. The van der Waals surface area contributed by atoms with Crippen molar-refractivity contribution >= 4 is 21.7 Å². The minimum absolute atomic E-state index is 0.0742. The van der Waals surface area contributed by atoms with E-state index in [-0.39, 0.29) is 43.9 Å². The second-order valence-electron chi connectivity index (χ2n) is 12.2. The summed E-state index contributed by atoms with van der Waals surface area (Å²) < 4.78 is 160. The summed E-state index contributed by atoms with van der Waals surface area (Å²) in [7, 11) is -4.63. The Morgan fingerprint density at radius 3 is 1.94 bits per heavy atom. The van der Waals surface area contributed by atoms with Crippen molar-refractivity contribution in [2.75, 3.05) is 26.2 Å². The smallest absolute Gasteiger partial charge is 0.349 e. The lowest BCUT2D eigenvalue weighted by Crippen LogP contribution is -2.56. The van der Waals surface area contributed by atoms with Crippen LogP contribution >= 0.6 is 0 Å². The van der Waals surface area contributed by atoms with Crippen LogP contribution in [-0.4, -0.2) is 68.6 Å². The summed E-state index contributed by atoms with van der Waals surface area (Å²) >= 11 is 0. The molecule has 2 aliphatic heterocycles. The third kappa shape index (κ3) is 6.33. The molecule has 5 rings (SSSR count). The van der Waals surface area contributed by atoms with Gasteiger partial charge in [-0.15, -0.1) is 0 Å². The highest BCUT2D eigenvalue weighted by Gasteiger charge is 2.73. The number of hydrogen-bond donors (Lipinski definition) is 0. The molecule has 3 aromatic carbocycles. The van der Waals surface area contributed by atoms with Crippen LogP contribution in [0.3, 0.4) is 0 Å². The molecule has 2 fully saturated rings. The summed E-state index contributed by atoms with van der Waals surface area (Å²) in [6, 6.07) is 7.90. The lowest BCUT2D eigenvalue weighted by molar-refractivity contribution is -0.392. The van der Waals surface area contributed by atoms with Crippen molar-refractivity contribution in [2.45, 2.75) is 54.0 Å². The molecule has 0 aliphatic carbocycles. The molecule has 2 heterocycles. The molecule has 0 bridgehead atoms. The number of likely N-dealkylation sites (tertiary alicyclic amines) is 2. The molecule has 2 saturated heterocycles. The van der Waals surface area contributed by atoms with Crippen molar-refractivity contribution in [3.8, 4) is 0 Å². The van der Waals surface area contributed by atoms with E-state index in [1.165, 1.54) is 16.7 Å². The Balaban J connectivity index is 1.58. The van der Waals surface area contributed by atoms with Gasteiger partial charge in [-0.3, -0.25) is 9.59 Å². The molecular weight excluding hydrogens is 707 g/mol. The maximum absolute atomic E-state index is 14.5. The summed E-state index contributed by atoms with van der Waals surface area (Å²) in [5.74, 6) is -5.12. The zero-order valence-electron chi connectivity index (χ0n) is 26.1. The van der Waals surface area contributed by atoms with E-state index in [0.717, 1.165) is 42.5 Å². The SMILES string of the molecule is CC(=O)N1CCC(C(=O)N2CC[C@](c3ccc(C(OCc4c(F)cccc4F)(C(F)(F)F)C(F)(F)F)cc3)(S(=O)(=O)c3ccc(F)cc3)C2)C1. The number of benzene rings is 3. The summed E-state index contributed by atoms with van der Waals surface area (Å²) in [5.41, 5.74) is -8.14. The number of amides is 2. The number of hydrogen-bond acceptors (Lipinski definition) is 5. The summed E-state index contributed by atoms with van der Waals surface area (Å²) in [6.07, 6.45) is -12.5. The van der Waals surface area contributed by atoms with Crippen molar-refractivity contribution in [3.63, 3.8) is 0 Å². The third-order valence-electron chi connectivity index (χ3n) is 9.28. The Morgan fingerprint density at radius 2 is 1.42 bits per heavy atom. The minimum atomic E-state index is -6.24. The second kappa shape index (κ2) is 13.2. The summed E-state index contributed by atoms with van der Waals surface area (Å²) in [5, 5.41) is 0. The molecule has 0 radical (unpaired) electrons. The average molecular weight is 737 g/mol. The van der Waals surface area contributed by atoms with Gasteiger partial charge in [0.25, 0.3) is 5.60 Å².